The molecular formula is C18H24N2O3. The molecule has 0 saturated heterocycles. The molecule has 4 bridgehead atoms. The number of anilines is 1. The molecule has 124 valence electrons. The number of rotatable bonds is 4. The van der Waals surface area contributed by atoms with E-state index in [0.29, 0.717) is 17.5 Å². The van der Waals surface area contributed by atoms with Gasteiger partial charge in [0.05, 0.1) is 12.1 Å². The van der Waals surface area contributed by atoms with Crippen LogP contribution in [0.25, 0.3) is 0 Å². The second-order valence-corrected chi connectivity index (χ2v) is 7.91. The van der Waals surface area contributed by atoms with Gasteiger partial charge in [-0.2, -0.15) is 0 Å². The molecule has 4 aliphatic carbocycles. The van der Waals surface area contributed by atoms with Gasteiger partial charge in [-0.1, -0.05) is 0 Å². The van der Waals surface area contributed by atoms with Crippen LogP contribution in [0.2, 0.25) is 0 Å². The number of carbonyl (C=O) groups excluding carboxylic acids is 1. The predicted octanol–water partition coefficient (Wildman–Crippen LogP) is 2.00. The molecule has 4 fully saturated rings. The number of phenols is 1. The Kier molecular flexibility index (Phi) is 3.39. The summed E-state index contributed by atoms with van der Waals surface area (Å²) >= 11 is 0. The number of carbonyl (C=O) groups is 1. The third kappa shape index (κ3) is 2.95. The van der Waals surface area contributed by atoms with E-state index in [1.165, 1.54) is 6.42 Å². The van der Waals surface area contributed by atoms with E-state index in [4.69, 9.17) is 0 Å². The van der Waals surface area contributed by atoms with E-state index in [9.17, 15) is 15.0 Å². The summed E-state index contributed by atoms with van der Waals surface area (Å²) in [6.07, 6.45) is 6.06. The van der Waals surface area contributed by atoms with E-state index in [-0.39, 0.29) is 23.7 Å². The van der Waals surface area contributed by atoms with Crippen molar-refractivity contribution in [3.8, 4) is 5.75 Å². The summed E-state index contributed by atoms with van der Waals surface area (Å²) in [7, 11) is 0. The third-order valence-electron chi connectivity index (χ3n) is 5.81. The van der Waals surface area contributed by atoms with Crippen LogP contribution in [0.5, 0.6) is 5.75 Å². The zero-order valence-corrected chi connectivity index (χ0v) is 13.2. The first-order valence-corrected chi connectivity index (χ1v) is 8.50. The Morgan fingerprint density at radius 3 is 2.39 bits per heavy atom. The van der Waals surface area contributed by atoms with Crippen molar-refractivity contribution in [1.82, 2.24) is 5.32 Å². The number of amides is 1. The van der Waals surface area contributed by atoms with Crippen molar-refractivity contribution in [1.29, 1.82) is 0 Å². The van der Waals surface area contributed by atoms with Gasteiger partial charge in [-0.25, -0.2) is 0 Å². The summed E-state index contributed by atoms with van der Waals surface area (Å²) in [5, 5.41) is 26.3. The zero-order chi connectivity index (χ0) is 16.1. The van der Waals surface area contributed by atoms with Gasteiger partial charge >= 0.3 is 0 Å². The lowest BCUT2D eigenvalue weighted by molar-refractivity contribution is -0.144. The van der Waals surface area contributed by atoms with Crippen LogP contribution in [0, 0.1) is 11.8 Å². The molecule has 23 heavy (non-hydrogen) atoms. The molecule has 5 nitrogen and oxygen atoms in total. The Balaban J connectivity index is 1.37. The molecule has 5 heteroatoms. The molecule has 2 atom stereocenters. The lowest BCUT2D eigenvalue weighted by atomic mass is 9.51. The zero-order valence-electron chi connectivity index (χ0n) is 13.2. The molecule has 1 aromatic carbocycles. The van der Waals surface area contributed by atoms with Crippen molar-refractivity contribution < 1.29 is 15.0 Å². The first kappa shape index (κ1) is 15.0. The highest BCUT2D eigenvalue weighted by Gasteiger charge is 2.56. The molecule has 2 unspecified atom stereocenters. The van der Waals surface area contributed by atoms with Crippen LogP contribution >= 0.6 is 0 Å². The minimum atomic E-state index is -0.509. The van der Waals surface area contributed by atoms with Gasteiger partial charge in [-0.15, -0.1) is 0 Å². The Morgan fingerprint density at radius 2 is 1.78 bits per heavy atom. The van der Waals surface area contributed by atoms with Crippen molar-refractivity contribution in [3.63, 3.8) is 0 Å². The number of phenolic OH excluding ortho intramolecular Hbond substituents is 1. The molecule has 4 N–H and O–H groups in total. The van der Waals surface area contributed by atoms with E-state index in [0.717, 1.165) is 32.1 Å². The number of benzene rings is 1. The van der Waals surface area contributed by atoms with Crippen molar-refractivity contribution >= 4 is 11.6 Å². The van der Waals surface area contributed by atoms with Crippen LogP contribution in [0.1, 0.15) is 38.5 Å². The smallest absolute Gasteiger partial charge is 0.238 e. The number of nitrogens with one attached hydrogen (secondary N) is 2. The summed E-state index contributed by atoms with van der Waals surface area (Å²) in [5.74, 6) is 1.31. The summed E-state index contributed by atoms with van der Waals surface area (Å²) < 4.78 is 0. The van der Waals surface area contributed by atoms with E-state index in [2.05, 4.69) is 10.6 Å². The minimum absolute atomic E-state index is 0.0644. The van der Waals surface area contributed by atoms with Gasteiger partial charge in [0.25, 0.3) is 0 Å². The summed E-state index contributed by atoms with van der Waals surface area (Å²) in [6, 6.07) is 6.47. The summed E-state index contributed by atoms with van der Waals surface area (Å²) in [4.78, 5) is 12.2. The standard InChI is InChI=1S/C18H24N2O3/c21-15-3-1-14(2-4-15)20-16(22)10-19-17-6-12-5-13(7-17)9-18(23,8-12)11-17/h1-4,12-13,19,21,23H,5-11H2,(H,20,22). The highest BCUT2D eigenvalue weighted by molar-refractivity contribution is 5.92. The van der Waals surface area contributed by atoms with Gasteiger partial charge in [0.1, 0.15) is 5.75 Å². The maximum absolute atomic E-state index is 12.2. The maximum Gasteiger partial charge on any atom is 0.238 e. The number of hydrogen-bond donors (Lipinski definition) is 4. The highest BCUT2D eigenvalue weighted by atomic mass is 16.3. The molecule has 5 rings (SSSR count). The fourth-order valence-electron chi connectivity index (χ4n) is 5.44. The largest absolute Gasteiger partial charge is 0.508 e. The molecule has 1 amide bonds. The normalized spacial score (nSPS) is 37.8. The van der Waals surface area contributed by atoms with Crippen LogP contribution < -0.4 is 10.6 Å². The average Bonchev–Trinajstić information content (AvgIpc) is 2.45. The van der Waals surface area contributed by atoms with Crippen LogP contribution in [0.15, 0.2) is 24.3 Å². The number of aromatic hydroxyl groups is 1. The van der Waals surface area contributed by atoms with Crippen molar-refractivity contribution in [2.45, 2.75) is 49.7 Å². The van der Waals surface area contributed by atoms with Crippen LogP contribution in [-0.2, 0) is 4.79 Å². The van der Waals surface area contributed by atoms with Gasteiger partial charge in [0, 0.05) is 11.2 Å². The maximum atomic E-state index is 12.2. The van der Waals surface area contributed by atoms with Gasteiger partial charge in [0.15, 0.2) is 0 Å². The molecule has 0 spiro atoms. The highest BCUT2D eigenvalue weighted by Crippen LogP contribution is 2.57. The molecule has 0 heterocycles. The van der Waals surface area contributed by atoms with E-state index >= 15 is 0 Å². The lowest BCUT2D eigenvalue weighted by Gasteiger charge is -2.60. The second kappa shape index (κ2) is 5.21. The fraction of sp³-hybridized carbons (Fsp3) is 0.611. The molecule has 1 aromatic rings. The Hall–Kier alpha value is -1.59. The third-order valence-corrected chi connectivity index (χ3v) is 5.81. The van der Waals surface area contributed by atoms with E-state index in [1.807, 2.05) is 0 Å². The topological polar surface area (TPSA) is 81.6 Å². The van der Waals surface area contributed by atoms with Crippen molar-refractivity contribution in [2.24, 2.45) is 11.8 Å². The molecule has 4 saturated carbocycles. The first-order chi connectivity index (χ1) is 10.9. The Morgan fingerprint density at radius 1 is 1.13 bits per heavy atom. The Bertz CT molecular complexity index is 599. The lowest BCUT2D eigenvalue weighted by Crippen LogP contribution is -2.65. The monoisotopic (exact) mass is 316 g/mol. The predicted molar refractivity (Wildman–Crippen MR) is 87.1 cm³/mol. The van der Waals surface area contributed by atoms with Gasteiger partial charge in [-0.3, -0.25) is 4.79 Å². The van der Waals surface area contributed by atoms with Crippen molar-refractivity contribution in [2.75, 3.05) is 11.9 Å². The van der Waals surface area contributed by atoms with Gasteiger partial charge in [-0.05, 0) is 74.6 Å². The average molecular weight is 316 g/mol. The quantitative estimate of drug-likeness (QED) is 0.641. The molecule has 0 radical (unpaired) electrons. The minimum Gasteiger partial charge on any atom is -0.508 e. The summed E-state index contributed by atoms with van der Waals surface area (Å²) in [6.45, 7) is 0.260. The van der Waals surface area contributed by atoms with Crippen LogP contribution in [-0.4, -0.2) is 33.8 Å². The van der Waals surface area contributed by atoms with E-state index in [1.54, 1.807) is 24.3 Å². The SMILES string of the molecule is O=C(CNC12CC3CC(CC(O)(C3)C1)C2)Nc1ccc(O)cc1. The number of aliphatic hydroxyl groups is 1. The van der Waals surface area contributed by atoms with Gasteiger partial charge in [0.2, 0.25) is 5.91 Å². The molecule has 0 aliphatic heterocycles. The van der Waals surface area contributed by atoms with E-state index < -0.39 is 5.60 Å². The molecular weight excluding hydrogens is 292 g/mol. The number of hydrogen-bond acceptors (Lipinski definition) is 4. The molecule has 4 aliphatic rings. The van der Waals surface area contributed by atoms with Crippen molar-refractivity contribution in [3.05, 3.63) is 24.3 Å². The summed E-state index contributed by atoms with van der Waals surface area (Å²) in [5.41, 5.74) is 0.106. The van der Waals surface area contributed by atoms with Crippen LogP contribution in [0.3, 0.4) is 0 Å². The Labute approximate surface area is 136 Å². The van der Waals surface area contributed by atoms with Gasteiger partial charge < -0.3 is 20.8 Å². The fourth-order valence-corrected chi connectivity index (χ4v) is 5.44. The first-order valence-electron chi connectivity index (χ1n) is 8.50. The molecule has 0 aromatic heterocycles. The van der Waals surface area contributed by atoms with Crippen LogP contribution in [0.4, 0.5) is 5.69 Å². The second-order valence-electron chi connectivity index (χ2n) is 7.91.